The van der Waals surface area contributed by atoms with Gasteiger partial charge in [-0.3, -0.25) is 0 Å². The number of benzene rings is 1. The Morgan fingerprint density at radius 1 is 1.03 bits per heavy atom. The van der Waals surface area contributed by atoms with Crippen LogP contribution < -0.4 is 10.6 Å². The van der Waals surface area contributed by atoms with Crippen LogP contribution in [0.4, 0.5) is 0 Å². The van der Waals surface area contributed by atoms with E-state index >= 15 is 0 Å². The lowest BCUT2D eigenvalue weighted by Gasteiger charge is -2.32. The van der Waals surface area contributed by atoms with Crippen molar-refractivity contribution in [2.45, 2.75) is 73.0 Å². The smallest absolute Gasteiger partial charge is 0.336 e. The molecule has 0 aromatic heterocycles. The minimum absolute atomic E-state index is 0. The molecule has 1 aromatic rings. The van der Waals surface area contributed by atoms with E-state index < -0.39 is 29.4 Å². The van der Waals surface area contributed by atoms with Crippen LogP contribution in [0.25, 0.3) is 6.08 Å². The molecule has 0 saturated heterocycles. The van der Waals surface area contributed by atoms with Gasteiger partial charge < -0.3 is 24.8 Å². The lowest BCUT2D eigenvalue weighted by molar-refractivity contribution is -0.148. The van der Waals surface area contributed by atoms with E-state index in [0.29, 0.717) is 40.2 Å². The van der Waals surface area contributed by atoms with Gasteiger partial charge in [-0.2, -0.15) is 0 Å². The summed E-state index contributed by atoms with van der Waals surface area (Å²) in [6.45, 7) is 15.4. The molecule has 38 heavy (non-hydrogen) atoms. The second-order valence-electron chi connectivity index (χ2n) is 9.96. The first kappa shape index (κ1) is 33.1. The molecule has 1 atom stereocenters. The molecule has 0 radical (unpaired) electrons. The summed E-state index contributed by atoms with van der Waals surface area (Å²) in [6, 6.07) is 7.48. The van der Waals surface area contributed by atoms with Gasteiger partial charge in [0.05, 0.1) is 30.3 Å². The van der Waals surface area contributed by atoms with Gasteiger partial charge in [0.2, 0.25) is 0 Å². The summed E-state index contributed by atoms with van der Waals surface area (Å²) in [7, 11) is 0. The number of dihydropyridines is 1. The van der Waals surface area contributed by atoms with E-state index in [2.05, 4.69) is 10.6 Å². The van der Waals surface area contributed by atoms with Crippen LogP contribution in [-0.4, -0.2) is 49.3 Å². The van der Waals surface area contributed by atoms with Crippen molar-refractivity contribution in [2.75, 3.05) is 19.8 Å². The van der Waals surface area contributed by atoms with Gasteiger partial charge in [-0.15, -0.1) is 17.0 Å². The van der Waals surface area contributed by atoms with E-state index in [1.807, 2.05) is 38.1 Å². The second-order valence-corrected chi connectivity index (χ2v) is 9.96. The summed E-state index contributed by atoms with van der Waals surface area (Å²) in [5.41, 5.74) is 2.53. The highest BCUT2D eigenvalue weighted by molar-refractivity contribution is 8.93. The van der Waals surface area contributed by atoms with Gasteiger partial charge in [0.1, 0.15) is 5.60 Å². The molecule has 2 rings (SSSR count). The molecule has 0 aliphatic carbocycles. The van der Waals surface area contributed by atoms with E-state index in [-0.39, 0.29) is 36.2 Å². The number of hydrogen-bond acceptors (Lipinski definition) is 8. The lowest BCUT2D eigenvalue weighted by Crippen LogP contribution is -2.38. The largest absolute Gasteiger partial charge is 0.463 e. The molecule has 1 aliphatic rings. The zero-order valence-corrected chi connectivity index (χ0v) is 25.3. The summed E-state index contributed by atoms with van der Waals surface area (Å²) in [4.78, 5) is 39.0. The van der Waals surface area contributed by atoms with Crippen molar-refractivity contribution in [2.24, 2.45) is 0 Å². The summed E-state index contributed by atoms with van der Waals surface area (Å²) in [5.74, 6) is -2.32. The van der Waals surface area contributed by atoms with Crippen molar-refractivity contribution >= 4 is 41.0 Å². The quantitative estimate of drug-likeness (QED) is 0.223. The SMILES string of the molecule is Br.CCOC(=O)C1=C(C)NC(CNC(C)C)=C(C(=O)OCC)C1c1ccccc1/C=C/C(=O)OC(C)(C)C. The molecule has 1 heterocycles. The third kappa shape index (κ3) is 9.13. The predicted octanol–water partition coefficient (Wildman–Crippen LogP) is 4.96. The Labute approximate surface area is 236 Å². The van der Waals surface area contributed by atoms with Gasteiger partial charge in [-0.1, -0.05) is 38.1 Å². The highest BCUT2D eigenvalue weighted by Gasteiger charge is 2.39. The molecule has 2 N–H and O–H groups in total. The fraction of sp³-hybridized carbons (Fsp3) is 0.483. The summed E-state index contributed by atoms with van der Waals surface area (Å²) in [5, 5.41) is 6.59. The highest BCUT2D eigenvalue weighted by atomic mass is 79.9. The van der Waals surface area contributed by atoms with Crippen molar-refractivity contribution in [1.82, 2.24) is 10.6 Å². The number of halogens is 1. The molecule has 1 unspecified atom stereocenters. The molecule has 0 saturated carbocycles. The van der Waals surface area contributed by atoms with E-state index in [9.17, 15) is 14.4 Å². The van der Waals surface area contributed by atoms with Gasteiger partial charge in [0.25, 0.3) is 0 Å². The molecule has 1 aliphatic heterocycles. The normalized spacial score (nSPS) is 15.8. The van der Waals surface area contributed by atoms with E-state index in [4.69, 9.17) is 14.2 Å². The Morgan fingerprint density at radius 2 is 1.61 bits per heavy atom. The Balaban J connectivity index is 0.00000722. The minimum atomic E-state index is -0.775. The number of ether oxygens (including phenoxy) is 3. The first-order valence-corrected chi connectivity index (χ1v) is 12.7. The van der Waals surface area contributed by atoms with Gasteiger partial charge in [-0.05, 0) is 58.7 Å². The van der Waals surface area contributed by atoms with Crippen LogP contribution in [0.3, 0.4) is 0 Å². The molecule has 210 valence electrons. The summed E-state index contributed by atoms with van der Waals surface area (Å²) >= 11 is 0. The monoisotopic (exact) mass is 592 g/mol. The molecular formula is C29H41BrN2O6. The molecule has 8 nitrogen and oxygen atoms in total. The average Bonchev–Trinajstić information content (AvgIpc) is 2.80. The number of rotatable bonds is 10. The van der Waals surface area contributed by atoms with Crippen molar-refractivity contribution in [3.63, 3.8) is 0 Å². The molecule has 0 fully saturated rings. The Morgan fingerprint density at radius 3 is 2.16 bits per heavy atom. The Bertz CT molecular complexity index is 1100. The van der Waals surface area contributed by atoms with Crippen molar-refractivity contribution in [3.05, 3.63) is 64.0 Å². The molecular weight excluding hydrogens is 552 g/mol. The van der Waals surface area contributed by atoms with E-state index in [1.54, 1.807) is 47.6 Å². The zero-order chi connectivity index (χ0) is 27.8. The van der Waals surface area contributed by atoms with Crippen molar-refractivity contribution in [3.8, 4) is 0 Å². The molecule has 9 heteroatoms. The van der Waals surface area contributed by atoms with Crippen LogP contribution in [0.1, 0.15) is 72.4 Å². The first-order valence-electron chi connectivity index (χ1n) is 12.7. The number of hydrogen-bond donors (Lipinski definition) is 2. The maximum Gasteiger partial charge on any atom is 0.336 e. The van der Waals surface area contributed by atoms with E-state index in [1.165, 1.54) is 6.08 Å². The van der Waals surface area contributed by atoms with Gasteiger partial charge in [0.15, 0.2) is 0 Å². The second kappa shape index (κ2) is 14.9. The Hall–Kier alpha value is -2.91. The molecule has 0 amide bonds. The van der Waals surface area contributed by atoms with Gasteiger partial charge in [-0.25, -0.2) is 14.4 Å². The fourth-order valence-corrected chi connectivity index (χ4v) is 4.00. The molecule has 0 bridgehead atoms. The first-order chi connectivity index (χ1) is 17.4. The number of esters is 3. The maximum atomic E-state index is 13.4. The number of nitrogens with one attached hydrogen (secondary N) is 2. The standard InChI is InChI=1S/C29H40N2O6.BrH/c1-9-35-27(33)24-19(5)31-22(17-30-18(3)4)26(28(34)36-10-2)25(24)21-14-12-11-13-20(21)15-16-23(32)37-29(6,7)8;/h11-16,18,25,30-31H,9-10,17H2,1-8H3;1H/b16-15+;. The number of carbonyl (C=O) groups is 3. The zero-order valence-electron chi connectivity index (χ0n) is 23.6. The van der Waals surface area contributed by atoms with Crippen LogP contribution in [0, 0.1) is 0 Å². The average molecular weight is 594 g/mol. The summed E-state index contributed by atoms with van der Waals surface area (Å²) in [6.07, 6.45) is 2.99. The van der Waals surface area contributed by atoms with Gasteiger partial charge in [0, 0.05) is 30.1 Å². The van der Waals surface area contributed by atoms with Crippen LogP contribution in [0.5, 0.6) is 0 Å². The number of carbonyl (C=O) groups excluding carboxylic acids is 3. The third-order valence-corrected chi connectivity index (χ3v) is 5.44. The summed E-state index contributed by atoms with van der Waals surface area (Å²) < 4.78 is 16.3. The lowest BCUT2D eigenvalue weighted by atomic mass is 9.78. The Kier molecular flexibility index (Phi) is 13.0. The van der Waals surface area contributed by atoms with E-state index in [0.717, 1.165) is 0 Å². The van der Waals surface area contributed by atoms with Crippen LogP contribution in [0.15, 0.2) is 52.9 Å². The van der Waals surface area contributed by atoms with Gasteiger partial charge >= 0.3 is 17.9 Å². The number of allylic oxidation sites excluding steroid dienone is 1. The fourth-order valence-electron chi connectivity index (χ4n) is 4.00. The minimum Gasteiger partial charge on any atom is -0.463 e. The van der Waals surface area contributed by atoms with Crippen LogP contribution in [-0.2, 0) is 28.6 Å². The van der Waals surface area contributed by atoms with Crippen molar-refractivity contribution < 1.29 is 28.6 Å². The molecule has 0 spiro atoms. The third-order valence-electron chi connectivity index (χ3n) is 5.44. The predicted molar refractivity (Wildman–Crippen MR) is 154 cm³/mol. The highest BCUT2D eigenvalue weighted by Crippen LogP contribution is 2.41. The van der Waals surface area contributed by atoms with Crippen LogP contribution >= 0.6 is 17.0 Å². The van der Waals surface area contributed by atoms with Crippen LogP contribution in [0.2, 0.25) is 0 Å². The maximum absolute atomic E-state index is 13.4. The molecule has 1 aromatic carbocycles. The topological polar surface area (TPSA) is 103 Å². The van der Waals surface area contributed by atoms with Crippen molar-refractivity contribution in [1.29, 1.82) is 0 Å².